The Kier molecular flexibility index (Phi) is 5.75. The predicted molar refractivity (Wildman–Crippen MR) is 83.7 cm³/mol. The van der Waals surface area contributed by atoms with Crippen LogP contribution in [0.5, 0.6) is 17.2 Å². The van der Waals surface area contributed by atoms with Crippen molar-refractivity contribution in [3.63, 3.8) is 0 Å². The van der Waals surface area contributed by atoms with Gasteiger partial charge in [-0.2, -0.15) is 0 Å². The molecular formula is C16H24N2O4. The summed E-state index contributed by atoms with van der Waals surface area (Å²) in [6, 6.07) is 3.72. The van der Waals surface area contributed by atoms with Gasteiger partial charge in [0.05, 0.1) is 21.3 Å². The van der Waals surface area contributed by atoms with Crippen LogP contribution in [0.1, 0.15) is 31.2 Å². The summed E-state index contributed by atoms with van der Waals surface area (Å²) in [6.07, 6.45) is 4.50. The molecule has 1 aliphatic rings. The Morgan fingerprint density at radius 3 is 2.23 bits per heavy atom. The minimum absolute atomic E-state index is 0.149. The fraction of sp³-hybridized carbons (Fsp3) is 0.562. The molecule has 1 fully saturated rings. The molecule has 6 nitrogen and oxygen atoms in total. The molecule has 1 aromatic carbocycles. The lowest BCUT2D eigenvalue weighted by molar-refractivity contribution is 0.236. The van der Waals surface area contributed by atoms with Crippen LogP contribution in [0.15, 0.2) is 12.1 Å². The van der Waals surface area contributed by atoms with Crippen molar-refractivity contribution < 1.29 is 19.0 Å². The third-order valence-corrected chi connectivity index (χ3v) is 3.92. The lowest BCUT2D eigenvalue weighted by Crippen LogP contribution is -2.40. The summed E-state index contributed by atoms with van der Waals surface area (Å²) in [5.74, 6) is 1.86. The van der Waals surface area contributed by atoms with Gasteiger partial charge in [0, 0.05) is 24.2 Å². The van der Waals surface area contributed by atoms with Gasteiger partial charge in [-0.25, -0.2) is 4.79 Å². The SMILES string of the molecule is COc1cc(OC)c(OC)cc1CNC(=O)NC1CCCC1. The maximum atomic E-state index is 11.9. The molecule has 0 atom stereocenters. The first-order valence-corrected chi connectivity index (χ1v) is 7.51. The van der Waals surface area contributed by atoms with E-state index in [2.05, 4.69) is 10.6 Å². The van der Waals surface area contributed by atoms with E-state index in [-0.39, 0.29) is 6.03 Å². The smallest absolute Gasteiger partial charge is 0.315 e. The lowest BCUT2D eigenvalue weighted by Gasteiger charge is -2.16. The molecule has 2 amide bonds. The molecule has 22 heavy (non-hydrogen) atoms. The van der Waals surface area contributed by atoms with Gasteiger partial charge in [0.1, 0.15) is 5.75 Å². The fourth-order valence-corrected chi connectivity index (χ4v) is 2.71. The summed E-state index contributed by atoms with van der Waals surface area (Å²) < 4.78 is 15.9. The molecule has 0 unspecified atom stereocenters. The van der Waals surface area contributed by atoms with E-state index in [0.29, 0.717) is 29.8 Å². The number of carbonyl (C=O) groups is 1. The van der Waals surface area contributed by atoms with E-state index in [0.717, 1.165) is 18.4 Å². The number of ether oxygens (including phenoxy) is 3. The number of hydrogen-bond acceptors (Lipinski definition) is 4. The molecule has 1 saturated carbocycles. The highest BCUT2D eigenvalue weighted by molar-refractivity contribution is 5.74. The summed E-state index contributed by atoms with van der Waals surface area (Å²) in [4.78, 5) is 11.9. The van der Waals surface area contributed by atoms with Crippen molar-refractivity contribution >= 4 is 6.03 Å². The van der Waals surface area contributed by atoms with Crippen LogP contribution in [0.2, 0.25) is 0 Å². The first kappa shape index (κ1) is 16.3. The molecule has 0 aliphatic heterocycles. The second kappa shape index (κ2) is 7.77. The molecule has 1 aromatic rings. The van der Waals surface area contributed by atoms with Crippen molar-refractivity contribution in [2.45, 2.75) is 38.3 Å². The van der Waals surface area contributed by atoms with Crippen molar-refractivity contribution in [1.29, 1.82) is 0 Å². The highest BCUT2D eigenvalue weighted by Gasteiger charge is 2.17. The Morgan fingerprint density at radius 1 is 1.05 bits per heavy atom. The minimum atomic E-state index is -0.149. The zero-order chi connectivity index (χ0) is 15.9. The second-order valence-electron chi connectivity index (χ2n) is 5.33. The second-order valence-corrected chi connectivity index (χ2v) is 5.33. The van der Waals surface area contributed by atoms with Crippen molar-refractivity contribution in [2.75, 3.05) is 21.3 Å². The molecule has 0 radical (unpaired) electrons. The van der Waals surface area contributed by atoms with E-state index in [1.54, 1.807) is 27.4 Å². The van der Waals surface area contributed by atoms with Gasteiger partial charge >= 0.3 is 6.03 Å². The Bertz CT molecular complexity index is 513. The summed E-state index contributed by atoms with van der Waals surface area (Å²) in [7, 11) is 4.74. The molecule has 2 rings (SSSR count). The standard InChI is InChI=1S/C16H24N2O4/c1-20-13-9-15(22-3)14(21-2)8-11(13)10-17-16(19)18-12-6-4-5-7-12/h8-9,12H,4-7,10H2,1-3H3,(H2,17,18,19). The summed E-state index contributed by atoms with van der Waals surface area (Å²) in [5.41, 5.74) is 0.835. The highest BCUT2D eigenvalue weighted by Crippen LogP contribution is 2.34. The molecule has 2 N–H and O–H groups in total. The van der Waals surface area contributed by atoms with E-state index in [1.807, 2.05) is 6.07 Å². The monoisotopic (exact) mass is 308 g/mol. The third-order valence-electron chi connectivity index (χ3n) is 3.92. The van der Waals surface area contributed by atoms with Crippen LogP contribution >= 0.6 is 0 Å². The van der Waals surface area contributed by atoms with Crippen molar-refractivity contribution in [2.24, 2.45) is 0 Å². The average molecular weight is 308 g/mol. The fourth-order valence-electron chi connectivity index (χ4n) is 2.71. The average Bonchev–Trinajstić information content (AvgIpc) is 3.04. The summed E-state index contributed by atoms with van der Waals surface area (Å²) >= 11 is 0. The van der Waals surface area contributed by atoms with Crippen LogP contribution in [-0.2, 0) is 6.54 Å². The molecule has 6 heteroatoms. The van der Waals surface area contributed by atoms with Crippen LogP contribution in [0.4, 0.5) is 4.79 Å². The Balaban J connectivity index is 1.99. The van der Waals surface area contributed by atoms with Gasteiger partial charge in [0.15, 0.2) is 11.5 Å². The normalized spacial score (nSPS) is 14.5. The predicted octanol–water partition coefficient (Wildman–Crippen LogP) is 2.45. The van der Waals surface area contributed by atoms with E-state index in [4.69, 9.17) is 14.2 Å². The number of methoxy groups -OCH3 is 3. The molecule has 122 valence electrons. The summed E-state index contributed by atoms with van der Waals surface area (Å²) in [5, 5.41) is 5.85. The lowest BCUT2D eigenvalue weighted by atomic mass is 10.1. The topological polar surface area (TPSA) is 68.8 Å². The van der Waals surface area contributed by atoms with Crippen molar-refractivity contribution in [1.82, 2.24) is 10.6 Å². The zero-order valence-electron chi connectivity index (χ0n) is 13.4. The summed E-state index contributed by atoms with van der Waals surface area (Å²) in [6.45, 7) is 0.363. The van der Waals surface area contributed by atoms with E-state index in [9.17, 15) is 4.79 Å². The van der Waals surface area contributed by atoms with Gasteiger partial charge < -0.3 is 24.8 Å². The number of benzene rings is 1. The largest absolute Gasteiger partial charge is 0.496 e. The zero-order valence-corrected chi connectivity index (χ0v) is 13.4. The number of rotatable bonds is 6. The van der Waals surface area contributed by atoms with Crippen LogP contribution in [-0.4, -0.2) is 33.4 Å². The van der Waals surface area contributed by atoms with Crippen LogP contribution in [0.25, 0.3) is 0 Å². The van der Waals surface area contributed by atoms with Gasteiger partial charge in [-0.3, -0.25) is 0 Å². The quantitative estimate of drug-likeness (QED) is 0.847. The van der Waals surface area contributed by atoms with Gasteiger partial charge in [0.25, 0.3) is 0 Å². The van der Waals surface area contributed by atoms with E-state index >= 15 is 0 Å². The van der Waals surface area contributed by atoms with Gasteiger partial charge in [0.2, 0.25) is 0 Å². The van der Waals surface area contributed by atoms with Crippen LogP contribution in [0.3, 0.4) is 0 Å². The van der Waals surface area contributed by atoms with Crippen LogP contribution < -0.4 is 24.8 Å². The maximum absolute atomic E-state index is 11.9. The molecule has 0 saturated heterocycles. The van der Waals surface area contributed by atoms with Gasteiger partial charge in [-0.15, -0.1) is 0 Å². The van der Waals surface area contributed by atoms with E-state index < -0.39 is 0 Å². The first-order chi connectivity index (χ1) is 10.7. The minimum Gasteiger partial charge on any atom is -0.496 e. The number of urea groups is 1. The first-order valence-electron chi connectivity index (χ1n) is 7.51. The molecule has 0 spiro atoms. The molecule has 0 aromatic heterocycles. The molecule has 0 heterocycles. The van der Waals surface area contributed by atoms with Gasteiger partial charge in [-0.1, -0.05) is 12.8 Å². The Hall–Kier alpha value is -2.11. The number of carbonyl (C=O) groups excluding carboxylic acids is 1. The maximum Gasteiger partial charge on any atom is 0.315 e. The van der Waals surface area contributed by atoms with Crippen molar-refractivity contribution in [3.8, 4) is 17.2 Å². The van der Waals surface area contributed by atoms with Gasteiger partial charge in [-0.05, 0) is 18.9 Å². The molecule has 1 aliphatic carbocycles. The van der Waals surface area contributed by atoms with E-state index in [1.165, 1.54) is 12.8 Å². The van der Waals surface area contributed by atoms with Crippen molar-refractivity contribution in [3.05, 3.63) is 17.7 Å². The Labute approximate surface area is 131 Å². The molecular weight excluding hydrogens is 284 g/mol. The van der Waals surface area contributed by atoms with Crippen LogP contribution in [0, 0.1) is 0 Å². The molecule has 0 bridgehead atoms. The number of hydrogen-bond donors (Lipinski definition) is 2. The highest BCUT2D eigenvalue weighted by atomic mass is 16.5. The number of amides is 2. The Morgan fingerprint density at radius 2 is 1.64 bits per heavy atom. The third kappa shape index (κ3) is 3.96. The number of nitrogens with one attached hydrogen (secondary N) is 2.